The molecule has 18 heavy (non-hydrogen) atoms. The van der Waals surface area contributed by atoms with Gasteiger partial charge in [0.05, 0.1) is 17.2 Å². The smallest absolute Gasteiger partial charge is 0.224 e. The van der Waals surface area contributed by atoms with Crippen LogP contribution in [0.25, 0.3) is 0 Å². The van der Waals surface area contributed by atoms with E-state index in [1.807, 2.05) is 0 Å². The third kappa shape index (κ3) is 3.43. The first-order valence-electron chi connectivity index (χ1n) is 5.69. The highest BCUT2D eigenvalue weighted by Gasteiger charge is 2.05. The fraction of sp³-hybridized carbons (Fsp3) is 0.364. The SMILES string of the molecule is CCCNc1ncc(Br)c(NCc2ccno2)n1. The Kier molecular flexibility index (Phi) is 4.52. The molecule has 2 N–H and O–H groups in total. The first kappa shape index (κ1) is 12.8. The Bertz CT molecular complexity index is 488. The predicted octanol–water partition coefficient (Wildman–Crippen LogP) is 2.66. The second-order valence-corrected chi connectivity index (χ2v) is 4.50. The summed E-state index contributed by atoms with van der Waals surface area (Å²) in [6.45, 7) is 3.47. The van der Waals surface area contributed by atoms with E-state index in [4.69, 9.17) is 4.52 Å². The van der Waals surface area contributed by atoms with E-state index in [9.17, 15) is 0 Å². The average Bonchev–Trinajstić information content (AvgIpc) is 2.89. The van der Waals surface area contributed by atoms with Gasteiger partial charge in [-0.05, 0) is 22.4 Å². The van der Waals surface area contributed by atoms with Crippen LogP contribution in [-0.4, -0.2) is 21.7 Å². The van der Waals surface area contributed by atoms with Crippen LogP contribution in [0.3, 0.4) is 0 Å². The fourth-order valence-corrected chi connectivity index (χ4v) is 1.65. The molecule has 0 saturated carbocycles. The molecule has 0 amide bonds. The molecule has 0 atom stereocenters. The number of nitrogens with one attached hydrogen (secondary N) is 2. The summed E-state index contributed by atoms with van der Waals surface area (Å²) < 4.78 is 5.81. The molecule has 7 heteroatoms. The molecule has 0 aliphatic carbocycles. The van der Waals surface area contributed by atoms with E-state index < -0.39 is 0 Å². The monoisotopic (exact) mass is 311 g/mol. The normalized spacial score (nSPS) is 10.3. The van der Waals surface area contributed by atoms with Crippen LogP contribution in [0.15, 0.2) is 27.5 Å². The number of aromatic nitrogens is 3. The van der Waals surface area contributed by atoms with E-state index in [0.29, 0.717) is 12.5 Å². The van der Waals surface area contributed by atoms with Crippen molar-refractivity contribution in [3.05, 3.63) is 28.7 Å². The largest absolute Gasteiger partial charge is 0.362 e. The highest BCUT2D eigenvalue weighted by Crippen LogP contribution is 2.20. The van der Waals surface area contributed by atoms with Gasteiger partial charge in [-0.3, -0.25) is 0 Å². The Hall–Kier alpha value is -1.63. The lowest BCUT2D eigenvalue weighted by Crippen LogP contribution is -2.07. The first-order valence-corrected chi connectivity index (χ1v) is 6.48. The number of halogens is 1. The van der Waals surface area contributed by atoms with Gasteiger partial charge in [-0.15, -0.1) is 0 Å². The molecule has 2 aromatic rings. The van der Waals surface area contributed by atoms with Crippen molar-refractivity contribution in [3.8, 4) is 0 Å². The number of nitrogens with zero attached hydrogens (tertiary/aromatic N) is 3. The van der Waals surface area contributed by atoms with E-state index in [0.717, 1.165) is 29.0 Å². The van der Waals surface area contributed by atoms with Crippen LogP contribution in [-0.2, 0) is 6.54 Å². The summed E-state index contributed by atoms with van der Waals surface area (Å²) in [5, 5.41) is 9.94. The maximum Gasteiger partial charge on any atom is 0.224 e. The van der Waals surface area contributed by atoms with Gasteiger partial charge < -0.3 is 15.2 Å². The Morgan fingerprint density at radius 2 is 2.28 bits per heavy atom. The van der Waals surface area contributed by atoms with Crippen molar-refractivity contribution in [2.24, 2.45) is 0 Å². The van der Waals surface area contributed by atoms with Crippen molar-refractivity contribution in [1.82, 2.24) is 15.1 Å². The molecule has 0 unspecified atom stereocenters. The summed E-state index contributed by atoms with van der Waals surface area (Å²) >= 11 is 3.40. The molecule has 2 aromatic heterocycles. The van der Waals surface area contributed by atoms with Crippen LogP contribution >= 0.6 is 15.9 Å². The van der Waals surface area contributed by atoms with Gasteiger partial charge in [-0.2, -0.15) is 4.98 Å². The molecule has 0 saturated heterocycles. The van der Waals surface area contributed by atoms with E-state index in [1.54, 1.807) is 18.5 Å². The zero-order valence-corrected chi connectivity index (χ0v) is 11.6. The van der Waals surface area contributed by atoms with Crippen LogP contribution < -0.4 is 10.6 Å². The summed E-state index contributed by atoms with van der Waals surface area (Å²) in [6, 6.07) is 1.80. The Morgan fingerprint density at radius 3 is 3.00 bits per heavy atom. The van der Waals surface area contributed by atoms with Gasteiger partial charge in [0.2, 0.25) is 5.95 Å². The molecule has 0 spiro atoms. The van der Waals surface area contributed by atoms with Gasteiger partial charge in [0.25, 0.3) is 0 Å². The molecule has 2 rings (SSSR count). The quantitative estimate of drug-likeness (QED) is 0.854. The minimum absolute atomic E-state index is 0.531. The van der Waals surface area contributed by atoms with E-state index in [1.165, 1.54) is 0 Å². The van der Waals surface area contributed by atoms with Crippen LogP contribution in [0.1, 0.15) is 19.1 Å². The molecule has 0 radical (unpaired) electrons. The van der Waals surface area contributed by atoms with Crippen molar-refractivity contribution in [3.63, 3.8) is 0 Å². The second-order valence-electron chi connectivity index (χ2n) is 3.65. The van der Waals surface area contributed by atoms with Crippen molar-refractivity contribution in [1.29, 1.82) is 0 Å². The van der Waals surface area contributed by atoms with Crippen LogP contribution in [0.5, 0.6) is 0 Å². The highest BCUT2D eigenvalue weighted by molar-refractivity contribution is 9.10. The van der Waals surface area contributed by atoms with Gasteiger partial charge in [-0.25, -0.2) is 4.98 Å². The summed E-state index contributed by atoms with van der Waals surface area (Å²) in [4.78, 5) is 8.54. The van der Waals surface area contributed by atoms with E-state index >= 15 is 0 Å². The van der Waals surface area contributed by atoms with Gasteiger partial charge in [0, 0.05) is 18.8 Å². The zero-order valence-electron chi connectivity index (χ0n) is 9.98. The third-order valence-electron chi connectivity index (χ3n) is 2.20. The molecule has 0 fully saturated rings. The first-order chi connectivity index (χ1) is 8.79. The summed E-state index contributed by atoms with van der Waals surface area (Å²) in [5.41, 5.74) is 0. The van der Waals surface area contributed by atoms with Gasteiger partial charge in [0.15, 0.2) is 5.76 Å². The summed E-state index contributed by atoms with van der Waals surface area (Å²) in [7, 11) is 0. The van der Waals surface area contributed by atoms with E-state index in [-0.39, 0.29) is 0 Å². The summed E-state index contributed by atoms with van der Waals surface area (Å²) in [5.74, 6) is 2.09. The number of rotatable bonds is 6. The number of hydrogen-bond donors (Lipinski definition) is 2. The number of anilines is 2. The molecule has 96 valence electrons. The number of hydrogen-bond acceptors (Lipinski definition) is 6. The zero-order chi connectivity index (χ0) is 12.8. The topological polar surface area (TPSA) is 75.9 Å². The molecule has 2 heterocycles. The average molecular weight is 312 g/mol. The van der Waals surface area contributed by atoms with Crippen molar-refractivity contribution >= 4 is 27.7 Å². The van der Waals surface area contributed by atoms with Crippen molar-refractivity contribution in [2.75, 3.05) is 17.2 Å². The Morgan fingerprint density at radius 1 is 1.39 bits per heavy atom. The molecule has 0 aromatic carbocycles. The Labute approximate surface area is 113 Å². The molecular weight excluding hydrogens is 298 g/mol. The summed E-state index contributed by atoms with van der Waals surface area (Å²) in [6.07, 6.45) is 4.36. The van der Waals surface area contributed by atoms with E-state index in [2.05, 4.69) is 48.6 Å². The lowest BCUT2D eigenvalue weighted by Gasteiger charge is -2.08. The van der Waals surface area contributed by atoms with Crippen molar-refractivity contribution in [2.45, 2.75) is 19.9 Å². The predicted molar refractivity (Wildman–Crippen MR) is 72.3 cm³/mol. The molecule has 6 nitrogen and oxygen atoms in total. The standard InChI is InChI=1S/C11H14BrN5O/c1-2-4-13-11-15-7-9(12)10(17-11)14-6-8-3-5-16-18-8/h3,5,7H,2,4,6H2,1H3,(H2,13,14,15,17). The Balaban J connectivity index is 2.01. The lowest BCUT2D eigenvalue weighted by atomic mass is 10.4. The molecule has 0 bridgehead atoms. The minimum Gasteiger partial charge on any atom is -0.362 e. The van der Waals surface area contributed by atoms with Crippen LogP contribution in [0.4, 0.5) is 11.8 Å². The van der Waals surface area contributed by atoms with Gasteiger partial charge in [0.1, 0.15) is 5.82 Å². The lowest BCUT2D eigenvalue weighted by molar-refractivity contribution is 0.388. The van der Waals surface area contributed by atoms with Gasteiger partial charge >= 0.3 is 0 Å². The highest BCUT2D eigenvalue weighted by atomic mass is 79.9. The second kappa shape index (κ2) is 6.34. The van der Waals surface area contributed by atoms with Crippen LogP contribution in [0.2, 0.25) is 0 Å². The molecular formula is C11H14BrN5O. The maximum absolute atomic E-state index is 5.00. The van der Waals surface area contributed by atoms with Crippen molar-refractivity contribution < 1.29 is 4.52 Å². The molecule has 0 aliphatic rings. The van der Waals surface area contributed by atoms with Gasteiger partial charge in [-0.1, -0.05) is 12.1 Å². The fourth-order valence-electron chi connectivity index (χ4n) is 1.32. The molecule has 0 aliphatic heterocycles. The van der Waals surface area contributed by atoms with Crippen LogP contribution in [0, 0.1) is 0 Å². The maximum atomic E-state index is 5.00. The minimum atomic E-state index is 0.531. The third-order valence-corrected chi connectivity index (χ3v) is 2.78.